The fraction of sp³-hybridized carbons (Fsp3) is 0.733. The van der Waals surface area contributed by atoms with Crippen LogP contribution in [0.5, 0.6) is 0 Å². The van der Waals surface area contributed by atoms with Crippen LogP contribution in [0.4, 0.5) is 0 Å². The van der Waals surface area contributed by atoms with Gasteiger partial charge >= 0.3 is 0 Å². The summed E-state index contributed by atoms with van der Waals surface area (Å²) in [5, 5.41) is 0. The van der Waals surface area contributed by atoms with Crippen molar-refractivity contribution in [3.8, 4) is 0 Å². The van der Waals surface area contributed by atoms with Crippen molar-refractivity contribution >= 4 is 0 Å². The molecule has 0 aromatic heterocycles. The molecule has 2 fully saturated rings. The maximum Gasteiger partial charge on any atom is -0.0169 e. The van der Waals surface area contributed by atoms with Crippen LogP contribution in [0.3, 0.4) is 0 Å². The molecule has 0 aromatic rings. The zero-order valence-corrected chi connectivity index (χ0v) is 10.3. The molecule has 0 spiro atoms. The Morgan fingerprint density at radius 2 is 1.87 bits per heavy atom. The van der Waals surface area contributed by atoms with Crippen LogP contribution in [0.25, 0.3) is 0 Å². The molecule has 0 unspecified atom stereocenters. The van der Waals surface area contributed by atoms with Gasteiger partial charge in [-0.05, 0) is 55.8 Å². The molecule has 15 heavy (non-hydrogen) atoms. The van der Waals surface area contributed by atoms with Crippen LogP contribution in [0.1, 0.15) is 46.0 Å². The molecule has 0 saturated heterocycles. The first-order valence-electron chi connectivity index (χ1n) is 6.44. The van der Waals surface area contributed by atoms with Gasteiger partial charge < -0.3 is 0 Å². The Hall–Kier alpha value is -0.520. The van der Waals surface area contributed by atoms with Gasteiger partial charge in [0.25, 0.3) is 0 Å². The highest BCUT2D eigenvalue weighted by molar-refractivity contribution is 5.15. The van der Waals surface area contributed by atoms with Crippen LogP contribution in [0, 0.1) is 23.7 Å². The second-order valence-corrected chi connectivity index (χ2v) is 5.87. The minimum absolute atomic E-state index is 0.816. The monoisotopic (exact) mass is 204 g/mol. The van der Waals surface area contributed by atoms with Gasteiger partial charge in [0.2, 0.25) is 0 Å². The lowest BCUT2D eigenvalue weighted by Gasteiger charge is -2.45. The van der Waals surface area contributed by atoms with Crippen LogP contribution < -0.4 is 0 Å². The van der Waals surface area contributed by atoms with Crippen LogP contribution in [-0.2, 0) is 0 Å². The van der Waals surface area contributed by atoms with Crippen LogP contribution >= 0.6 is 0 Å². The second-order valence-electron chi connectivity index (χ2n) is 5.87. The SMILES string of the molecule is C=C1CC[C@H]2C(=C)CC[C@@H](C(C)C)[C@H]2C1. The van der Waals surface area contributed by atoms with E-state index in [-0.39, 0.29) is 0 Å². The molecular weight excluding hydrogens is 180 g/mol. The van der Waals surface area contributed by atoms with Gasteiger partial charge in [0.15, 0.2) is 0 Å². The van der Waals surface area contributed by atoms with Crippen LogP contribution in [0.15, 0.2) is 24.3 Å². The highest BCUT2D eigenvalue weighted by atomic mass is 14.4. The molecule has 2 aliphatic rings. The van der Waals surface area contributed by atoms with E-state index >= 15 is 0 Å². The standard InChI is InChI=1S/C15H24/c1-10(2)13-8-6-12(4)14-7-5-11(3)9-15(13)14/h10,13-15H,3-9H2,1-2H3/t13-,14-,15+/m0/s1. The lowest BCUT2D eigenvalue weighted by Crippen LogP contribution is -2.35. The Balaban J connectivity index is 2.17. The maximum atomic E-state index is 4.29. The lowest BCUT2D eigenvalue weighted by atomic mass is 9.60. The van der Waals surface area contributed by atoms with Gasteiger partial charge in [-0.15, -0.1) is 0 Å². The van der Waals surface area contributed by atoms with Gasteiger partial charge in [0, 0.05) is 0 Å². The Bertz CT molecular complexity index is 272. The molecule has 2 rings (SSSR count). The Morgan fingerprint density at radius 1 is 1.13 bits per heavy atom. The van der Waals surface area contributed by atoms with E-state index in [1.165, 1.54) is 43.3 Å². The average molecular weight is 204 g/mol. The minimum atomic E-state index is 0.816. The summed E-state index contributed by atoms with van der Waals surface area (Å²) < 4.78 is 0. The van der Waals surface area contributed by atoms with Crippen molar-refractivity contribution in [3.63, 3.8) is 0 Å². The number of allylic oxidation sites excluding steroid dienone is 2. The third-order valence-electron chi connectivity index (χ3n) is 4.58. The van der Waals surface area contributed by atoms with E-state index in [0.717, 1.165) is 23.7 Å². The van der Waals surface area contributed by atoms with Crippen LogP contribution in [0.2, 0.25) is 0 Å². The summed E-state index contributed by atoms with van der Waals surface area (Å²) in [7, 11) is 0. The van der Waals surface area contributed by atoms with E-state index in [2.05, 4.69) is 27.0 Å². The molecule has 0 aromatic carbocycles. The van der Waals surface area contributed by atoms with Crippen molar-refractivity contribution in [3.05, 3.63) is 24.3 Å². The van der Waals surface area contributed by atoms with Crippen molar-refractivity contribution in [2.24, 2.45) is 23.7 Å². The Kier molecular flexibility index (Phi) is 3.04. The molecule has 0 radical (unpaired) electrons. The van der Waals surface area contributed by atoms with Gasteiger partial charge in [0.05, 0.1) is 0 Å². The van der Waals surface area contributed by atoms with E-state index in [9.17, 15) is 0 Å². The Labute approximate surface area is 94.5 Å². The van der Waals surface area contributed by atoms with Crippen molar-refractivity contribution in [1.82, 2.24) is 0 Å². The Morgan fingerprint density at radius 3 is 2.53 bits per heavy atom. The molecule has 0 bridgehead atoms. The largest absolute Gasteiger partial charge is 0.0999 e. The van der Waals surface area contributed by atoms with E-state index < -0.39 is 0 Å². The molecule has 0 nitrogen and oxygen atoms in total. The topological polar surface area (TPSA) is 0 Å². The highest BCUT2D eigenvalue weighted by Gasteiger charge is 2.38. The van der Waals surface area contributed by atoms with E-state index in [1.54, 1.807) is 0 Å². The molecule has 3 atom stereocenters. The molecule has 0 heteroatoms. The highest BCUT2D eigenvalue weighted by Crippen LogP contribution is 2.49. The molecular formula is C15H24. The lowest BCUT2D eigenvalue weighted by molar-refractivity contribution is 0.131. The van der Waals surface area contributed by atoms with Crippen LogP contribution in [-0.4, -0.2) is 0 Å². The predicted octanol–water partition coefficient (Wildman–Crippen LogP) is 4.58. The quantitative estimate of drug-likeness (QED) is 0.548. The zero-order valence-electron chi connectivity index (χ0n) is 10.3. The summed E-state index contributed by atoms with van der Waals surface area (Å²) in [4.78, 5) is 0. The van der Waals surface area contributed by atoms with Crippen molar-refractivity contribution in [1.29, 1.82) is 0 Å². The summed E-state index contributed by atoms with van der Waals surface area (Å²) >= 11 is 0. The molecule has 2 aliphatic carbocycles. The van der Waals surface area contributed by atoms with Gasteiger partial charge in [0.1, 0.15) is 0 Å². The van der Waals surface area contributed by atoms with Gasteiger partial charge in [-0.25, -0.2) is 0 Å². The molecule has 2 saturated carbocycles. The summed E-state index contributed by atoms with van der Waals surface area (Å²) in [6, 6.07) is 0. The first-order chi connectivity index (χ1) is 7.09. The first-order valence-corrected chi connectivity index (χ1v) is 6.44. The third kappa shape index (κ3) is 2.04. The fourth-order valence-electron chi connectivity index (χ4n) is 3.69. The summed E-state index contributed by atoms with van der Waals surface area (Å²) in [5.41, 5.74) is 3.01. The number of fused-ring (bicyclic) bond motifs is 1. The van der Waals surface area contributed by atoms with Crippen molar-refractivity contribution in [2.45, 2.75) is 46.0 Å². The minimum Gasteiger partial charge on any atom is -0.0999 e. The summed E-state index contributed by atoms with van der Waals surface area (Å²) in [6.07, 6.45) is 6.48. The number of hydrogen-bond acceptors (Lipinski definition) is 0. The van der Waals surface area contributed by atoms with E-state index in [4.69, 9.17) is 0 Å². The van der Waals surface area contributed by atoms with Crippen molar-refractivity contribution < 1.29 is 0 Å². The fourth-order valence-corrected chi connectivity index (χ4v) is 3.69. The molecule has 0 aliphatic heterocycles. The normalized spacial score (nSPS) is 36.9. The van der Waals surface area contributed by atoms with E-state index in [0.29, 0.717) is 0 Å². The summed E-state index contributed by atoms with van der Waals surface area (Å²) in [5.74, 6) is 3.43. The summed E-state index contributed by atoms with van der Waals surface area (Å²) in [6.45, 7) is 13.2. The number of rotatable bonds is 1. The van der Waals surface area contributed by atoms with Gasteiger partial charge in [-0.1, -0.05) is 38.2 Å². The molecule has 0 N–H and O–H groups in total. The van der Waals surface area contributed by atoms with Crippen molar-refractivity contribution in [2.75, 3.05) is 0 Å². The third-order valence-corrected chi connectivity index (χ3v) is 4.58. The predicted molar refractivity (Wildman–Crippen MR) is 66.7 cm³/mol. The van der Waals surface area contributed by atoms with E-state index in [1.807, 2.05) is 0 Å². The number of hydrogen-bond donors (Lipinski definition) is 0. The zero-order chi connectivity index (χ0) is 11.0. The maximum absolute atomic E-state index is 4.29. The average Bonchev–Trinajstić information content (AvgIpc) is 2.17. The smallest absolute Gasteiger partial charge is 0.0169 e. The van der Waals surface area contributed by atoms with Gasteiger partial charge in [-0.3, -0.25) is 0 Å². The molecule has 0 heterocycles. The second kappa shape index (κ2) is 4.15. The molecule has 84 valence electrons. The van der Waals surface area contributed by atoms with Gasteiger partial charge in [-0.2, -0.15) is 0 Å². The molecule has 0 amide bonds. The first kappa shape index (κ1) is 11.0.